The summed E-state index contributed by atoms with van der Waals surface area (Å²) in [5.41, 5.74) is 4.93. The molecule has 0 aromatic heterocycles. The first-order chi connectivity index (χ1) is 4.57. The highest BCUT2D eigenvalue weighted by Gasteiger charge is 2.09. The molecule has 5 heteroatoms. The number of rotatable bonds is 2. The molecule has 4 nitrogen and oxygen atoms in total. The molecular weight excluding hydrogens is 152 g/mol. The SMILES string of the molecule is CC(S)C(=O)NC(=O)CN. The molecule has 0 aliphatic rings. The van der Waals surface area contributed by atoms with Crippen molar-refractivity contribution >= 4 is 24.4 Å². The molecule has 2 amide bonds. The summed E-state index contributed by atoms with van der Waals surface area (Å²) in [7, 11) is 0. The third kappa shape index (κ3) is 3.47. The van der Waals surface area contributed by atoms with Gasteiger partial charge in [0, 0.05) is 0 Å². The van der Waals surface area contributed by atoms with E-state index in [0.717, 1.165) is 0 Å². The third-order valence-electron chi connectivity index (χ3n) is 0.827. The average Bonchev–Trinajstić information content (AvgIpc) is 1.87. The Kier molecular flexibility index (Phi) is 4.06. The quantitative estimate of drug-likeness (QED) is 0.452. The number of thiol groups is 1. The first kappa shape index (κ1) is 9.45. The zero-order valence-electron chi connectivity index (χ0n) is 5.63. The monoisotopic (exact) mass is 162 g/mol. The second kappa shape index (κ2) is 4.29. The lowest BCUT2D eigenvalue weighted by Gasteiger charge is -2.02. The molecule has 0 aromatic rings. The predicted octanol–water partition coefficient (Wildman–Crippen LogP) is -1.09. The van der Waals surface area contributed by atoms with Crippen LogP contribution in [0, 0.1) is 0 Å². The molecule has 0 aliphatic heterocycles. The van der Waals surface area contributed by atoms with Gasteiger partial charge >= 0.3 is 0 Å². The summed E-state index contributed by atoms with van der Waals surface area (Å²) in [6, 6.07) is 0. The van der Waals surface area contributed by atoms with Gasteiger partial charge in [-0.1, -0.05) is 0 Å². The number of carbonyl (C=O) groups is 2. The van der Waals surface area contributed by atoms with E-state index in [9.17, 15) is 9.59 Å². The Hall–Kier alpha value is -0.550. The Morgan fingerprint density at radius 1 is 1.70 bits per heavy atom. The molecule has 0 fully saturated rings. The third-order valence-corrected chi connectivity index (χ3v) is 1.06. The number of nitrogens with two attached hydrogens (primary N) is 1. The highest BCUT2D eigenvalue weighted by atomic mass is 32.1. The molecule has 3 N–H and O–H groups in total. The summed E-state index contributed by atoms with van der Waals surface area (Å²) in [4.78, 5) is 21.1. The molecule has 1 atom stereocenters. The lowest BCUT2D eigenvalue weighted by atomic mass is 10.4. The lowest BCUT2D eigenvalue weighted by Crippen LogP contribution is -2.38. The van der Waals surface area contributed by atoms with Gasteiger partial charge in [-0.15, -0.1) is 0 Å². The summed E-state index contributed by atoms with van der Waals surface area (Å²) >= 11 is 3.80. The number of imide groups is 1. The molecular formula is C5H10N2O2S. The van der Waals surface area contributed by atoms with Crippen LogP contribution in [0.25, 0.3) is 0 Å². The van der Waals surface area contributed by atoms with E-state index in [1.807, 2.05) is 5.32 Å². The molecule has 1 unspecified atom stereocenters. The van der Waals surface area contributed by atoms with Crippen LogP contribution in [0.2, 0.25) is 0 Å². The van der Waals surface area contributed by atoms with E-state index in [2.05, 4.69) is 12.6 Å². The van der Waals surface area contributed by atoms with Crippen LogP contribution < -0.4 is 11.1 Å². The molecule has 58 valence electrons. The van der Waals surface area contributed by atoms with Crippen LogP contribution in [0.5, 0.6) is 0 Å². The van der Waals surface area contributed by atoms with E-state index in [1.165, 1.54) is 0 Å². The van der Waals surface area contributed by atoms with E-state index in [4.69, 9.17) is 5.73 Å². The minimum Gasteiger partial charge on any atom is -0.322 e. The van der Waals surface area contributed by atoms with Gasteiger partial charge in [0.05, 0.1) is 11.8 Å². The minimum absolute atomic E-state index is 0.174. The molecule has 0 saturated carbocycles. The van der Waals surface area contributed by atoms with Crippen molar-refractivity contribution in [1.82, 2.24) is 5.32 Å². The number of hydrogen-bond acceptors (Lipinski definition) is 4. The molecule has 0 bridgehead atoms. The Labute approximate surface area is 64.6 Å². The van der Waals surface area contributed by atoms with E-state index in [-0.39, 0.29) is 6.54 Å². The van der Waals surface area contributed by atoms with E-state index in [1.54, 1.807) is 6.92 Å². The maximum Gasteiger partial charge on any atom is 0.240 e. The van der Waals surface area contributed by atoms with Crippen molar-refractivity contribution in [2.75, 3.05) is 6.54 Å². The van der Waals surface area contributed by atoms with Crippen molar-refractivity contribution in [2.24, 2.45) is 5.73 Å². The van der Waals surface area contributed by atoms with Gasteiger partial charge in [0.1, 0.15) is 0 Å². The van der Waals surface area contributed by atoms with Crippen LogP contribution in [0.15, 0.2) is 0 Å². The van der Waals surface area contributed by atoms with Crippen LogP contribution in [0.3, 0.4) is 0 Å². The molecule has 0 spiro atoms. The summed E-state index contributed by atoms with van der Waals surface area (Å²) < 4.78 is 0. The molecule has 10 heavy (non-hydrogen) atoms. The fraction of sp³-hybridized carbons (Fsp3) is 0.600. The van der Waals surface area contributed by atoms with Gasteiger partial charge in [-0.3, -0.25) is 14.9 Å². The van der Waals surface area contributed by atoms with Gasteiger partial charge in [0.2, 0.25) is 11.8 Å². The summed E-state index contributed by atoms with van der Waals surface area (Å²) in [5.74, 6) is -0.898. The minimum atomic E-state index is -0.481. The predicted molar refractivity (Wildman–Crippen MR) is 40.7 cm³/mol. The molecule has 0 saturated heterocycles. The largest absolute Gasteiger partial charge is 0.322 e. The van der Waals surface area contributed by atoms with Crippen LogP contribution in [0.1, 0.15) is 6.92 Å². The highest BCUT2D eigenvalue weighted by Crippen LogP contribution is 1.90. The van der Waals surface area contributed by atoms with Gasteiger partial charge in [0.25, 0.3) is 0 Å². The number of amides is 2. The number of nitrogens with one attached hydrogen (secondary N) is 1. The first-order valence-corrected chi connectivity index (χ1v) is 3.31. The molecule has 0 aromatic carbocycles. The maximum atomic E-state index is 10.6. The van der Waals surface area contributed by atoms with Crippen LogP contribution in [0.4, 0.5) is 0 Å². The van der Waals surface area contributed by atoms with Gasteiger partial charge in [-0.05, 0) is 6.92 Å². The Balaban J connectivity index is 3.69. The van der Waals surface area contributed by atoms with Gasteiger partial charge in [-0.2, -0.15) is 12.6 Å². The van der Waals surface area contributed by atoms with Gasteiger partial charge in [-0.25, -0.2) is 0 Å². The average molecular weight is 162 g/mol. The molecule has 0 radical (unpaired) electrons. The van der Waals surface area contributed by atoms with Crippen molar-refractivity contribution in [3.05, 3.63) is 0 Å². The van der Waals surface area contributed by atoms with Crippen molar-refractivity contribution in [3.8, 4) is 0 Å². The smallest absolute Gasteiger partial charge is 0.240 e. The topological polar surface area (TPSA) is 72.2 Å². The second-order valence-electron chi connectivity index (χ2n) is 1.79. The van der Waals surface area contributed by atoms with Crippen molar-refractivity contribution in [2.45, 2.75) is 12.2 Å². The normalized spacial score (nSPS) is 12.3. The summed E-state index contributed by atoms with van der Waals surface area (Å²) in [5, 5.41) is 1.57. The zero-order chi connectivity index (χ0) is 8.15. The Bertz CT molecular complexity index is 147. The fourth-order valence-electron chi connectivity index (χ4n) is 0.293. The lowest BCUT2D eigenvalue weighted by molar-refractivity contribution is -0.129. The highest BCUT2D eigenvalue weighted by molar-refractivity contribution is 7.81. The number of carbonyl (C=O) groups excluding carboxylic acids is 2. The zero-order valence-corrected chi connectivity index (χ0v) is 6.52. The Morgan fingerprint density at radius 3 is 2.50 bits per heavy atom. The standard InChI is InChI=1S/C5H10N2O2S/c1-3(10)5(9)7-4(8)2-6/h3,10H,2,6H2,1H3,(H,7,8,9). The van der Waals surface area contributed by atoms with E-state index >= 15 is 0 Å². The maximum absolute atomic E-state index is 10.6. The van der Waals surface area contributed by atoms with Crippen LogP contribution in [-0.4, -0.2) is 23.6 Å². The summed E-state index contributed by atoms with van der Waals surface area (Å²) in [6.07, 6.45) is 0. The van der Waals surface area contributed by atoms with Gasteiger partial charge in [0.15, 0.2) is 0 Å². The van der Waals surface area contributed by atoms with E-state index in [0.29, 0.717) is 0 Å². The summed E-state index contributed by atoms with van der Waals surface area (Å²) in [6.45, 7) is 1.40. The van der Waals surface area contributed by atoms with E-state index < -0.39 is 17.1 Å². The number of hydrogen-bond donors (Lipinski definition) is 3. The van der Waals surface area contributed by atoms with Crippen LogP contribution in [-0.2, 0) is 9.59 Å². The van der Waals surface area contributed by atoms with Crippen LogP contribution >= 0.6 is 12.6 Å². The molecule has 0 aliphatic carbocycles. The fourth-order valence-corrected chi connectivity index (χ4v) is 0.357. The Morgan fingerprint density at radius 2 is 2.20 bits per heavy atom. The van der Waals surface area contributed by atoms with Gasteiger partial charge < -0.3 is 5.73 Å². The van der Waals surface area contributed by atoms with Crippen molar-refractivity contribution in [1.29, 1.82) is 0 Å². The van der Waals surface area contributed by atoms with Crippen molar-refractivity contribution in [3.63, 3.8) is 0 Å². The molecule has 0 heterocycles. The second-order valence-corrected chi connectivity index (χ2v) is 2.57. The molecule has 0 rings (SSSR count). The first-order valence-electron chi connectivity index (χ1n) is 2.79. The van der Waals surface area contributed by atoms with Crippen molar-refractivity contribution < 1.29 is 9.59 Å².